The zero-order valence-electron chi connectivity index (χ0n) is 16.0. The van der Waals surface area contributed by atoms with Crippen molar-refractivity contribution in [1.29, 1.82) is 0 Å². The molecule has 0 saturated carbocycles. The number of anilines is 1. The van der Waals surface area contributed by atoms with Crippen LogP contribution in [0.1, 0.15) is 17.3 Å². The molecule has 0 saturated heterocycles. The molecule has 2 aromatic rings. The molecular formula is C19H20ClNO7S. The summed E-state index contributed by atoms with van der Waals surface area (Å²) in [6.07, 6.45) is 0. The third-order valence-corrected chi connectivity index (χ3v) is 5.93. The summed E-state index contributed by atoms with van der Waals surface area (Å²) in [4.78, 5) is 23.5. The molecule has 8 nitrogen and oxygen atoms in total. The molecule has 0 atom stereocenters. The van der Waals surface area contributed by atoms with Crippen LogP contribution in [0.3, 0.4) is 0 Å². The summed E-state index contributed by atoms with van der Waals surface area (Å²) < 4.78 is 41.9. The summed E-state index contributed by atoms with van der Waals surface area (Å²) in [6.45, 7) is 1.16. The maximum absolute atomic E-state index is 13.2. The van der Waals surface area contributed by atoms with Crippen LogP contribution in [0.25, 0.3) is 0 Å². The second-order valence-corrected chi connectivity index (χ2v) is 7.92. The van der Waals surface area contributed by atoms with Gasteiger partial charge in [-0.1, -0.05) is 11.6 Å². The number of hydrogen-bond acceptors (Lipinski definition) is 7. The lowest BCUT2D eigenvalue weighted by atomic mass is 10.2. The Balaban J connectivity index is 2.50. The topological polar surface area (TPSA) is 99.2 Å². The zero-order valence-corrected chi connectivity index (χ0v) is 17.6. The maximum Gasteiger partial charge on any atom is 0.337 e. The smallest absolute Gasteiger partial charge is 0.337 e. The van der Waals surface area contributed by atoms with Crippen molar-refractivity contribution in [1.82, 2.24) is 0 Å². The number of carbonyl (C=O) groups excluding carboxylic acids is 2. The van der Waals surface area contributed by atoms with Crippen molar-refractivity contribution in [2.75, 3.05) is 31.7 Å². The maximum atomic E-state index is 13.2. The van der Waals surface area contributed by atoms with Gasteiger partial charge in [0.1, 0.15) is 12.3 Å². The summed E-state index contributed by atoms with van der Waals surface area (Å²) >= 11 is 6.06. The Kier molecular flexibility index (Phi) is 7.46. The van der Waals surface area contributed by atoms with Gasteiger partial charge in [0.05, 0.1) is 42.0 Å². The first-order valence-corrected chi connectivity index (χ1v) is 10.3. The van der Waals surface area contributed by atoms with Gasteiger partial charge in [-0.25, -0.2) is 13.2 Å². The van der Waals surface area contributed by atoms with Crippen molar-refractivity contribution >= 4 is 39.3 Å². The Bertz CT molecular complexity index is 990. The number of ether oxygens (including phenoxy) is 3. The quantitative estimate of drug-likeness (QED) is 0.580. The Morgan fingerprint density at radius 1 is 1.07 bits per heavy atom. The number of esters is 2. The predicted octanol–water partition coefficient (Wildman–Crippen LogP) is 2.89. The summed E-state index contributed by atoms with van der Waals surface area (Å²) in [5.74, 6) is -0.990. The molecule has 0 amide bonds. The standard InChI is InChI=1S/C19H20ClNO7S/c1-4-28-18(22)12-21(14-7-5-13(6-8-14)19(23)27-3)29(24,25)15-9-10-17(26-2)16(20)11-15/h5-11H,4,12H2,1-3H3. The molecule has 29 heavy (non-hydrogen) atoms. The van der Waals surface area contributed by atoms with Gasteiger partial charge in [-0.05, 0) is 49.4 Å². The van der Waals surface area contributed by atoms with Crippen molar-refractivity contribution in [3.05, 3.63) is 53.1 Å². The van der Waals surface area contributed by atoms with Crippen LogP contribution in [0.15, 0.2) is 47.4 Å². The van der Waals surface area contributed by atoms with Crippen molar-refractivity contribution in [2.24, 2.45) is 0 Å². The molecule has 10 heteroatoms. The van der Waals surface area contributed by atoms with E-state index in [4.69, 9.17) is 21.1 Å². The van der Waals surface area contributed by atoms with Gasteiger partial charge in [-0.15, -0.1) is 0 Å². The second kappa shape index (κ2) is 9.62. The Morgan fingerprint density at radius 2 is 1.72 bits per heavy atom. The first kappa shape index (κ1) is 22.5. The average Bonchev–Trinajstić information content (AvgIpc) is 2.71. The van der Waals surface area contributed by atoms with E-state index < -0.39 is 28.5 Å². The molecule has 0 aliphatic heterocycles. The van der Waals surface area contributed by atoms with Crippen LogP contribution < -0.4 is 9.04 Å². The first-order chi connectivity index (χ1) is 13.7. The monoisotopic (exact) mass is 441 g/mol. The van der Waals surface area contributed by atoms with E-state index in [1.54, 1.807) is 6.92 Å². The fourth-order valence-electron chi connectivity index (χ4n) is 2.46. The Labute approximate surface area is 174 Å². The summed E-state index contributed by atoms with van der Waals surface area (Å²) in [5, 5.41) is 0.102. The highest BCUT2D eigenvalue weighted by Gasteiger charge is 2.28. The number of methoxy groups -OCH3 is 2. The number of sulfonamides is 1. The lowest BCUT2D eigenvalue weighted by Gasteiger charge is -2.24. The molecule has 0 aromatic heterocycles. The number of carbonyl (C=O) groups is 2. The van der Waals surface area contributed by atoms with Crippen LogP contribution in [-0.4, -0.2) is 47.7 Å². The minimum atomic E-state index is -4.18. The Morgan fingerprint density at radius 3 is 2.24 bits per heavy atom. The summed E-state index contributed by atoms with van der Waals surface area (Å²) in [7, 11) is -1.53. The Hall–Kier alpha value is -2.78. The molecule has 156 valence electrons. The molecule has 0 unspecified atom stereocenters. The van der Waals surface area contributed by atoms with Crippen molar-refractivity contribution in [3.63, 3.8) is 0 Å². The third-order valence-electron chi connectivity index (χ3n) is 3.87. The predicted molar refractivity (Wildman–Crippen MR) is 107 cm³/mol. The number of hydrogen-bond donors (Lipinski definition) is 0. The van der Waals surface area contributed by atoms with E-state index in [1.165, 1.54) is 56.7 Å². The van der Waals surface area contributed by atoms with E-state index in [9.17, 15) is 18.0 Å². The minimum Gasteiger partial charge on any atom is -0.495 e. The van der Waals surface area contributed by atoms with Crippen molar-refractivity contribution in [2.45, 2.75) is 11.8 Å². The largest absolute Gasteiger partial charge is 0.495 e. The van der Waals surface area contributed by atoms with Gasteiger partial charge in [0.15, 0.2) is 0 Å². The molecule has 0 N–H and O–H groups in total. The molecule has 0 fully saturated rings. The number of rotatable bonds is 8. The second-order valence-electron chi connectivity index (χ2n) is 5.65. The van der Waals surface area contributed by atoms with E-state index in [0.29, 0.717) is 5.75 Å². The van der Waals surface area contributed by atoms with Crippen LogP contribution in [0, 0.1) is 0 Å². The molecule has 2 aromatic carbocycles. The highest BCUT2D eigenvalue weighted by molar-refractivity contribution is 7.92. The van der Waals surface area contributed by atoms with Gasteiger partial charge in [-0.3, -0.25) is 9.10 Å². The van der Waals surface area contributed by atoms with E-state index in [0.717, 1.165) is 4.31 Å². The highest BCUT2D eigenvalue weighted by Crippen LogP contribution is 2.30. The molecule has 0 radical (unpaired) electrons. The van der Waals surface area contributed by atoms with Crippen LogP contribution in [0.5, 0.6) is 5.75 Å². The van der Waals surface area contributed by atoms with Gasteiger partial charge in [0.25, 0.3) is 10.0 Å². The van der Waals surface area contributed by atoms with Gasteiger partial charge in [0, 0.05) is 0 Å². The highest BCUT2D eigenvalue weighted by atomic mass is 35.5. The zero-order chi connectivity index (χ0) is 21.6. The van der Waals surface area contributed by atoms with Crippen molar-refractivity contribution < 1.29 is 32.2 Å². The average molecular weight is 442 g/mol. The fourth-order valence-corrected chi connectivity index (χ4v) is 4.21. The molecular weight excluding hydrogens is 422 g/mol. The lowest BCUT2D eigenvalue weighted by molar-refractivity contribution is -0.141. The van der Waals surface area contributed by atoms with Gasteiger partial charge < -0.3 is 14.2 Å². The molecule has 0 spiro atoms. The molecule has 0 bridgehead atoms. The van der Waals surface area contributed by atoms with E-state index >= 15 is 0 Å². The van der Waals surface area contributed by atoms with Gasteiger partial charge in [0.2, 0.25) is 0 Å². The third kappa shape index (κ3) is 5.18. The van der Waals surface area contributed by atoms with E-state index in [-0.39, 0.29) is 27.8 Å². The summed E-state index contributed by atoms with van der Waals surface area (Å²) in [6, 6.07) is 9.56. The van der Waals surface area contributed by atoms with E-state index in [1.807, 2.05) is 0 Å². The number of halogens is 1. The van der Waals surface area contributed by atoms with Gasteiger partial charge >= 0.3 is 11.9 Å². The molecule has 0 heterocycles. The van der Waals surface area contributed by atoms with E-state index in [2.05, 4.69) is 4.74 Å². The van der Waals surface area contributed by atoms with Gasteiger partial charge in [-0.2, -0.15) is 0 Å². The fraction of sp³-hybridized carbons (Fsp3) is 0.263. The van der Waals surface area contributed by atoms with Crippen molar-refractivity contribution in [3.8, 4) is 5.75 Å². The SMILES string of the molecule is CCOC(=O)CN(c1ccc(C(=O)OC)cc1)S(=O)(=O)c1ccc(OC)c(Cl)c1. The normalized spacial score (nSPS) is 10.9. The van der Waals surface area contributed by atoms with Crippen LogP contribution in [-0.2, 0) is 24.3 Å². The number of nitrogens with zero attached hydrogens (tertiary/aromatic N) is 1. The molecule has 0 aliphatic carbocycles. The number of benzene rings is 2. The molecule has 2 rings (SSSR count). The van der Waals surface area contributed by atoms with Crippen LogP contribution >= 0.6 is 11.6 Å². The lowest BCUT2D eigenvalue weighted by Crippen LogP contribution is -2.36. The molecule has 0 aliphatic rings. The first-order valence-electron chi connectivity index (χ1n) is 8.44. The summed E-state index contributed by atoms with van der Waals surface area (Å²) in [5.41, 5.74) is 0.398. The van der Waals surface area contributed by atoms with Crippen LogP contribution in [0.2, 0.25) is 5.02 Å². The van der Waals surface area contributed by atoms with Crippen LogP contribution in [0.4, 0.5) is 5.69 Å². The minimum absolute atomic E-state index is 0.0996.